The number of carbonyl (C=O) groups is 2. The average Bonchev–Trinajstić information content (AvgIpc) is 2.38. The van der Waals surface area contributed by atoms with E-state index in [4.69, 9.17) is 9.84 Å². The van der Waals surface area contributed by atoms with Crippen LogP contribution in [0.25, 0.3) is 0 Å². The molecule has 2 aliphatic heterocycles. The predicted molar refractivity (Wildman–Crippen MR) is 68.8 cm³/mol. The number of carboxylic acid groups (broad SMARTS) is 1. The molecule has 0 aromatic heterocycles. The standard InChI is InChI=1S/C13H22N2O4/c1-13(2-4-14-5-3-13)12(18)15-6-7-19-10(9-15)8-11(16)17/h10,14H,2-9H2,1H3,(H,16,17). The van der Waals surface area contributed by atoms with E-state index in [1.54, 1.807) is 4.90 Å². The molecule has 1 atom stereocenters. The van der Waals surface area contributed by atoms with E-state index in [2.05, 4.69) is 5.32 Å². The number of hydrogen-bond donors (Lipinski definition) is 2. The van der Waals surface area contributed by atoms with Crippen molar-refractivity contribution in [1.29, 1.82) is 0 Å². The fraction of sp³-hybridized carbons (Fsp3) is 0.846. The quantitative estimate of drug-likeness (QED) is 0.759. The summed E-state index contributed by atoms with van der Waals surface area (Å²) >= 11 is 0. The lowest BCUT2D eigenvalue weighted by Gasteiger charge is -2.40. The maximum Gasteiger partial charge on any atom is 0.306 e. The fourth-order valence-corrected chi connectivity index (χ4v) is 2.80. The van der Waals surface area contributed by atoms with Gasteiger partial charge in [-0.3, -0.25) is 9.59 Å². The van der Waals surface area contributed by atoms with Crippen molar-refractivity contribution in [1.82, 2.24) is 10.2 Å². The molecular formula is C13H22N2O4. The van der Waals surface area contributed by atoms with Crippen molar-refractivity contribution in [3.63, 3.8) is 0 Å². The summed E-state index contributed by atoms with van der Waals surface area (Å²) in [4.78, 5) is 25.1. The van der Waals surface area contributed by atoms with Crippen LogP contribution in [0.5, 0.6) is 0 Å². The highest BCUT2D eigenvalue weighted by atomic mass is 16.5. The Bertz CT molecular complexity index is 353. The minimum Gasteiger partial charge on any atom is -0.481 e. The summed E-state index contributed by atoms with van der Waals surface area (Å²) in [6, 6.07) is 0. The highest BCUT2D eigenvalue weighted by Crippen LogP contribution is 2.31. The molecule has 0 aromatic carbocycles. The first-order valence-corrected chi connectivity index (χ1v) is 6.85. The average molecular weight is 270 g/mol. The van der Waals surface area contributed by atoms with Gasteiger partial charge in [0.1, 0.15) is 0 Å². The van der Waals surface area contributed by atoms with Crippen molar-refractivity contribution in [2.24, 2.45) is 5.41 Å². The smallest absolute Gasteiger partial charge is 0.306 e. The Kier molecular flexibility index (Phi) is 4.42. The molecule has 0 aromatic rings. The van der Waals surface area contributed by atoms with E-state index < -0.39 is 5.97 Å². The lowest BCUT2D eigenvalue weighted by atomic mass is 9.79. The second kappa shape index (κ2) is 5.88. The molecule has 2 N–H and O–H groups in total. The van der Waals surface area contributed by atoms with E-state index in [9.17, 15) is 9.59 Å². The van der Waals surface area contributed by atoms with Gasteiger partial charge in [-0.25, -0.2) is 0 Å². The van der Waals surface area contributed by atoms with E-state index in [1.165, 1.54) is 0 Å². The second-order valence-corrected chi connectivity index (χ2v) is 5.65. The molecule has 0 aliphatic carbocycles. The number of carboxylic acids is 1. The third kappa shape index (κ3) is 3.45. The highest BCUT2D eigenvalue weighted by Gasteiger charge is 2.39. The minimum atomic E-state index is -0.882. The largest absolute Gasteiger partial charge is 0.481 e. The Morgan fingerprint density at radius 3 is 2.74 bits per heavy atom. The first-order chi connectivity index (χ1) is 9.01. The lowest BCUT2D eigenvalue weighted by Crippen LogP contribution is -2.53. The number of carbonyl (C=O) groups excluding carboxylic acids is 1. The summed E-state index contributed by atoms with van der Waals surface area (Å²) in [5, 5.41) is 12.1. The Hall–Kier alpha value is -1.14. The van der Waals surface area contributed by atoms with Crippen molar-refractivity contribution >= 4 is 11.9 Å². The van der Waals surface area contributed by atoms with E-state index in [0.29, 0.717) is 19.7 Å². The molecule has 6 heteroatoms. The van der Waals surface area contributed by atoms with E-state index in [-0.39, 0.29) is 23.8 Å². The zero-order valence-electron chi connectivity index (χ0n) is 11.4. The summed E-state index contributed by atoms with van der Waals surface area (Å²) in [5.41, 5.74) is -0.309. The molecule has 0 bridgehead atoms. The van der Waals surface area contributed by atoms with Gasteiger partial charge in [-0.1, -0.05) is 6.92 Å². The number of nitrogens with zero attached hydrogens (tertiary/aromatic N) is 1. The van der Waals surface area contributed by atoms with Gasteiger partial charge in [-0.15, -0.1) is 0 Å². The first-order valence-electron chi connectivity index (χ1n) is 6.85. The zero-order valence-corrected chi connectivity index (χ0v) is 11.4. The molecule has 2 saturated heterocycles. The maximum absolute atomic E-state index is 12.6. The molecule has 2 aliphatic rings. The number of aliphatic carboxylic acids is 1. The van der Waals surface area contributed by atoms with Gasteiger partial charge >= 0.3 is 5.97 Å². The molecule has 6 nitrogen and oxygen atoms in total. The molecule has 108 valence electrons. The summed E-state index contributed by atoms with van der Waals surface area (Å²) in [5.74, 6) is -0.736. The molecule has 0 saturated carbocycles. The van der Waals surface area contributed by atoms with E-state index in [1.807, 2.05) is 6.92 Å². The number of piperidine rings is 1. The monoisotopic (exact) mass is 270 g/mol. The molecular weight excluding hydrogens is 248 g/mol. The van der Waals surface area contributed by atoms with Gasteiger partial charge in [0.2, 0.25) is 5.91 Å². The third-order valence-corrected chi connectivity index (χ3v) is 4.05. The van der Waals surface area contributed by atoms with Crippen molar-refractivity contribution < 1.29 is 19.4 Å². The topological polar surface area (TPSA) is 78.9 Å². The molecule has 1 amide bonds. The third-order valence-electron chi connectivity index (χ3n) is 4.05. The summed E-state index contributed by atoms with van der Waals surface area (Å²) in [7, 11) is 0. The van der Waals surface area contributed by atoms with Crippen LogP contribution in [0.15, 0.2) is 0 Å². The van der Waals surface area contributed by atoms with Crippen LogP contribution in [0.1, 0.15) is 26.2 Å². The number of hydrogen-bond acceptors (Lipinski definition) is 4. The van der Waals surface area contributed by atoms with Crippen LogP contribution in [0.3, 0.4) is 0 Å². The van der Waals surface area contributed by atoms with Crippen LogP contribution in [0.2, 0.25) is 0 Å². The molecule has 0 radical (unpaired) electrons. The molecule has 19 heavy (non-hydrogen) atoms. The fourth-order valence-electron chi connectivity index (χ4n) is 2.80. The summed E-state index contributed by atoms with van der Waals surface area (Å²) in [6.07, 6.45) is 1.27. The Morgan fingerprint density at radius 2 is 2.11 bits per heavy atom. The molecule has 2 rings (SSSR count). The van der Waals surface area contributed by atoms with Gasteiger partial charge < -0.3 is 20.1 Å². The number of nitrogens with one attached hydrogen (secondary N) is 1. The van der Waals surface area contributed by atoms with Gasteiger partial charge in [0.05, 0.1) is 19.1 Å². The van der Waals surface area contributed by atoms with Gasteiger partial charge in [0.15, 0.2) is 0 Å². The van der Waals surface area contributed by atoms with Crippen molar-refractivity contribution in [3.8, 4) is 0 Å². The van der Waals surface area contributed by atoms with Crippen LogP contribution < -0.4 is 5.32 Å². The van der Waals surface area contributed by atoms with Crippen molar-refractivity contribution in [2.45, 2.75) is 32.3 Å². The summed E-state index contributed by atoms with van der Waals surface area (Å²) in [6.45, 7) is 5.14. The van der Waals surface area contributed by atoms with Gasteiger partial charge in [0, 0.05) is 18.5 Å². The van der Waals surface area contributed by atoms with E-state index in [0.717, 1.165) is 25.9 Å². The van der Waals surface area contributed by atoms with Gasteiger partial charge in [-0.2, -0.15) is 0 Å². The van der Waals surface area contributed by atoms with Crippen molar-refractivity contribution in [3.05, 3.63) is 0 Å². The Balaban J connectivity index is 1.96. The van der Waals surface area contributed by atoms with Crippen LogP contribution in [-0.4, -0.2) is 60.8 Å². The Labute approximate surface area is 113 Å². The number of amides is 1. The van der Waals surface area contributed by atoms with Crippen LogP contribution >= 0.6 is 0 Å². The van der Waals surface area contributed by atoms with Gasteiger partial charge in [0.25, 0.3) is 0 Å². The highest BCUT2D eigenvalue weighted by molar-refractivity contribution is 5.82. The maximum atomic E-state index is 12.6. The summed E-state index contributed by atoms with van der Waals surface area (Å²) < 4.78 is 5.40. The zero-order chi connectivity index (χ0) is 13.9. The number of ether oxygens (including phenoxy) is 1. The lowest BCUT2D eigenvalue weighted by molar-refractivity contribution is -0.154. The molecule has 1 unspecified atom stereocenters. The SMILES string of the molecule is CC1(C(=O)N2CCOC(CC(=O)O)C2)CCNCC1. The van der Waals surface area contributed by atoms with Gasteiger partial charge in [-0.05, 0) is 25.9 Å². The normalized spacial score (nSPS) is 27.0. The van der Waals surface area contributed by atoms with E-state index >= 15 is 0 Å². The van der Waals surface area contributed by atoms with Crippen molar-refractivity contribution in [2.75, 3.05) is 32.8 Å². The Morgan fingerprint density at radius 1 is 1.42 bits per heavy atom. The predicted octanol–water partition coefficient (Wildman–Crippen LogP) is 0.0782. The minimum absolute atomic E-state index is 0.0396. The number of morpholine rings is 1. The second-order valence-electron chi connectivity index (χ2n) is 5.65. The molecule has 0 spiro atoms. The van der Waals surface area contributed by atoms with Crippen LogP contribution in [0.4, 0.5) is 0 Å². The van der Waals surface area contributed by atoms with Crippen LogP contribution in [-0.2, 0) is 14.3 Å². The molecule has 2 fully saturated rings. The number of rotatable bonds is 3. The first kappa shape index (κ1) is 14.3. The van der Waals surface area contributed by atoms with Crippen LogP contribution in [0, 0.1) is 5.41 Å². The molecule has 2 heterocycles.